The summed E-state index contributed by atoms with van der Waals surface area (Å²) in [6.07, 6.45) is 3.23. The van der Waals surface area contributed by atoms with Gasteiger partial charge in [0.05, 0.1) is 17.9 Å². The van der Waals surface area contributed by atoms with Crippen molar-refractivity contribution in [1.29, 1.82) is 0 Å². The molecule has 1 aliphatic rings. The van der Waals surface area contributed by atoms with Gasteiger partial charge in [-0.3, -0.25) is 4.79 Å². The summed E-state index contributed by atoms with van der Waals surface area (Å²) in [5, 5.41) is 0.678. The molecule has 1 aromatic carbocycles. The van der Waals surface area contributed by atoms with Crippen LogP contribution in [0.4, 0.5) is 0 Å². The number of H-pyrrole nitrogens is 1. The molecule has 2 atom stereocenters. The topological polar surface area (TPSA) is 58.2 Å². The summed E-state index contributed by atoms with van der Waals surface area (Å²) >= 11 is 6.25. The van der Waals surface area contributed by atoms with E-state index in [0.717, 1.165) is 36.5 Å². The molecule has 0 radical (unpaired) electrons. The molecular formula is C18H22ClN3O2. The number of ether oxygens (including phenoxy) is 1. The Morgan fingerprint density at radius 3 is 3.04 bits per heavy atom. The van der Waals surface area contributed by atoms with Crippen molar-refractivity contribution in [2.45, 2.75) is 38.8 Å². The van der Waals surface area contributed by atoms with Crippen LogP contribution < -0.4 is 0 Å². The molecule has 0 spiro atoms. The van der Waals surface area contributed by atoms with E-state index in [1.54, 1.807) is 13.1 Å². The lowest BCUT2D eigenvalue weighted by Crippen LogP contribution is -2.39. The van der Waals surface area contributed by atoms with Gasteiger partial charge in [-0.15, -0.1) is 0 Å². The van der Waals surface area contributed by atoms with Gasteiger partial charge in [-0.2, -0.15) is 0 Å². The molecule has 1 aliphatic heterocycles. The van der Waals surface area contributed by atoms with Crippen molar-refractivity contribution >= 4 is 17.5 Å². The number of benzene rings is 1. The Balaban J connectivity index is 1.81. The molecule has 2 heterocycles. The Hall–Kier alpha value is -1.85. The van der Waals surface area contributed by atoms with Gasteiger partial charge in [-0.05, 0) is 32.8 Å². The molecule has 1 N–H and O–H groups in total. The fourth-order valence-electron chi connectivity index (χ4n) is 3.19. The number of carbonyl (C=O) groups excluding carboxylic acids is 1. The van der Waals surface area contributed by atoms with Crippen molar-refractivity contribution in [2.75, 3.05) is 13.2 Å². The van der Waals surface area contributed by atoms with Crippen molar-refractivity contribution in [3.63, 3.8) is 0 Å². The molecule has 0 aliphatic carbocycles. The second kappa shape index (κ2) is 7.36. The number of halogens is 1. The van der Waals surface area contributed by atoms with Crippen LogP contribution >= 0.6 is 11.6 Å². The fraction of sp³-hybridized carbons (Fsp3) is 0.444. The summed E-state index contributed by atoms with van der Waals surface area (Å²) in [4.78, 5) is 22.3. The van der Waals surface area contributed by atoms with Gasteiger partial charge in [0.15, 0.2) is 0 Å². The van der Waals surface area contributed by atoms with E-state index >= 15 is 0 Å². The predicted octanol–water partition coefficient (Wildman–Crippen LogP) is 3.82. The Kier molecular flexibility index (Phi) is 5.21. The van der Waals surface area contributed by atoms with Crippen LogP contribution in [0.5, 0.6) is 0 Å². The van der Waals surface area contributed by atoms with E-state index in [0.29, 0.717) is 11.6 Å². The van der Waals surface area contributed by atoms with E-state index in [9.17, 15) is 4.79 Å². The number of carbonyl (C=O) groups is 1. The highest BCUT2D eigenvalue weighted by atomic mass is 35.5. The van der Waals surface area contributed by atoms with Crippen LogP contribution in [0.1, 0.15) is 38.6 Å². The first kappa shape index (κ1) is 17.0. The molecule has 1 amide bonds. The quantitative estimate of drug-likeness (QED) is 0.894. The Labute approximate surface area is 147 Å². The SMILES string of the molecule is CCO[C@@H](C)C(=O)N1CCC[C@@H]1c1ncc(-c2ccccc2Cl)[nH]1. The van der Waals surface area contributed by atoms with E-state index in [-0.39, 0.29) is 11.9 Å². The Morgan fingerprint density at radius 2 is 2.29 bits per heavy atom. The van der Waals surface area contributed by atoms with Crippen LogP contribution in [-0.2, 0) is 9.53 Å². The molecular weight excluding hydrogens is 326 g/mol. The summed E-state index contributed by atoms with van der Waals surface area (Å²) in [5.74, 6) is 0.828. The first-order valence-electron chi connectivity index (χ1n) is 8.33. The zero-order valence-corrected chi connectivity index (χ0v) is 14.7. The molecule has 0 bridgehead atoms. The number of aromatic nitrogens is 2. The second-order valence-electron chi connectivity index (χ2n) is 5.95. The molecule has 24 heavy (non-hydrogen) atoms. The van der Waals surface area contributed by atoms with E-state index in [4.69, 9.17) is 16.3 Å². The summed E-state index contributed by atoms with van der Waals surface area (Å²) < 4.78 is 5.45. The van der Waals surface area contributed by atoms with Crippen LogP contribution in [0.2, 0.25) is 5.02 Å². The number of nitrogens with one attached hydrogen (secondary N) is 1. The Morgan fingerprint density at radius 1 is 1.50 bits per heavy atom. The van der Waals surface area contributed by atoms with Crippen molar-refractivity contribution < 1.29 is 9.53 Å². The molecule has 0 saturated carbocycles. The lowest BCUT2D eigenvalue weighted by atomic mass is 10.1. The van der Waals surface area contributed by atoms with Crippen molar-refractivity contribution in [1.82, 2.24) is 14.9 Å². The first-order chi connectivity index (χ1) is 11.6. The number of amides is 1. The second-order valence-corrected chi connectivity index (χ2v) is 6.36. The van der Waals surface area contributed by atoms with Crippen LogP contribution in [0.3, 0.4) is 0 Å². The van der Waals surface area contributed by atoms with E-state index < -0.39 is 6.10 Å². The van der Waals surface area contributed by atoms with Gasteiger partial charge >= 0.3 is 0 Å². The summed E-state index contributed by atoms with van der Waals surface area (Å²) in [5.41, 5.74) is 1.78. The third-order valence-electron chi connectivity index (χ3n) is 4.38. The van der Waals surface area contributed by atoms with Crippen LogP contribution in [0, 0.1) is 0 Å². The highest BCUT2D eigenvalue weighted by Gasteiger charge is 2.34. The summed E-state index contributed by atoms with van der Waals surface area (Å²) in [6.45, 7) is 4.97. The molecule has 1 saturated heterocycles. The van der Waals surface area contributed by atoms with Gasteiger partial charge in [-0.1, -0.05) is 29.8 Å². The largest absolute Gasteiger partial charge is 0.369 e. The molecule has 128 valence electrons. The minimum Gasteiger partial charge on any atom is -0.369 e. The van der Waals surface area contributed by atoms with E-state index in [1.807, 2.05) is 36.1 Å². The van der Waals surface area contributed by atoms with Crippen LogP contribution in [0.25, 0.3) is 11.3 Å². The zero-order chi connectivity index (χ0) is 17.1. The number of aromatic amines is 1. The number of likely N-dealkylation sites (tertiary alicyclic amines) is 1. The van der Waals surface area contributed by atoms with Gasteiger partial charge in [0.25, 0.3) is 5.91 Å². The van der Waals surface area contributed by atoms with Crippen LogP contribution in [-0.4, -0.2) is 40.0 Å². The normalized spacial score (nSPS) is 18.8. The highest BCUT2D eigenvalue weighted by molar-refractivity contribution is 6.33. The molecule has 1 aromatic heterocycles. The molecule has 1 fully saturated rings. The number of hydrogen-bond donors (Lipinski definition) is 1. The third kappa shape index (κ3) is 3.32. The maximum Gasteiger partial charge on any atom is 0.252 e. The van der Waals surface area contributed by atoms with Gasteiger partial charge in [0.1, 0.15) is 11.9 Å². The van der Waals surface area contributed by atoms with Gasteiger partial charge < -0.3 is 14.6 Å². The first-order valence-corrected chi connectivity index (χ1v) is 8.71. The molecule has 5 nitrogen and oxygen atoms in total. The van der Waals surface area contributed by atoms with E-state index in [2.05, 4.69) is 9.97 Å². The lowest BCUT2D eigenvalue weighted by Gasteiger charge is -2.26. The molecule has 0 unspecified atom stereocenters. The highest BCUT2D eigenvalue weighted by Crippen LogP contribution is 2.33. The minimum atomic E-state index is -0.423. The van der Waals surface area contributed by atoms with Gasteiger partial charge in [0, 0.05) is 23.7 Å². The maximum absolute atomic E-state index is 12.6. The third-order valence-corrected chi connectivity index (χ3v) is 4.71. The Bertz CT molecular complexity index is 716. The average molecular weight is 348 g/mol. The van der Waals surface area contributed by atoms with Crippen molar-refractivity contribution in [3.8, 4) is 11.3 Å². The maximum atomic E-state index is 12.6. The monoisotopic (exact) mass is 347 g/mol. The fourth-order valence-corrected chi connectivity index (χ4v) is 3.43. The minimum absolute atomic E-state index is 0.0232. The lowest BCUT2D eigenvalue weighted by molar-refractivity contribution is -0.143. The summed E-state index contributed by atoms with van der Waals surface area (Å²) in [6, 6.07) is 7.62. The molecule has 6 heteroatoms. The van der Waals surface area contributed by atoms with Gasteiger partial charge in [0.2, 0.25) is 0 Å². The number of hydrogen-bond acceptors (Lipinski definition) is 3. The van der Waals surface area contributed by atoms with Gasteiger partial charge in [-0.25, -0.2) is 4.98 Å². The predicted molar refractivity (Wildman–Crippen MR) is 93.8 cm³/mol. The van der Waals surface area contributed by atoms with Crippen molar-refractivity contribution in [3.05, 3.63) is 41.3 Å². The number of rotatable bonds is 5. The number of imidazole rings is 1. The van der Waals surface area contributed by atoms with Crippen LogP contribution in [0.15, 0.2) is 30.5 Å². The average Bonchev–Trinajstić information content (AvgIpc) is 3.23. The van der Waals surface area contributed by atoms with E-state index in [1.165, 1.54) is 0 Å². The standard InChI is InChI=1S/C18H22ClN3O2/c1-3-24-12(2)18(23)22-10-6-9-16(22)17-20-11-15(21-17)13-7-4-5-8-14(13)19/h4-5,7-8,11-12,16H,3,6,9-10H2,1-2H3,(H,20,21)/t12-,16+/m0/s1. The number of nitrogens with zero attached hydrogens (tertiary/aromatic N) is 2. The van der Waals surface area contributed by atoms with Crippen molar-refractivity contribution in [2.24, 2.45) is 0 Å². The molecule has 3 rings (SSSR count). The summed E-state index contributed by atoms with van der Waals surface area (Å²) in [7, 11) is 0. The zero-order valence-electron chi connectivity index (χ0n) is 14.0. The smallest absolute Gasteiger partial charge is 0.252 e. The molecule has 2 aromatic rings.